The van der Waals surface area contributed by atoms with Crippen LogP contribution < -0.4 is 15.8 Å². The topological polar surface area (TPSA) is 143 Å². The summed E-state index contributed by atoms with van der Waals surface area (Å²) in [5, 5.41) is 14.6. The molecule has 0 atom stereocenters. The molecule has 1 aromatic rings. The first-order valence-corrected chi connectivity index (χ1v) is 10.9. The Morgan fingerprint density at radius 1 is 1.06 bits per heavy atom. The number of nitro benzene ring substituents is 1. The molecule has 1 aliphatic heterocycles. The summed E-state index contributed by atoms with van der Waals surface area (Å²) in [7, 11) is 0. The molecule has 0 saturated heterocycles. The highest BCUT2D eigenvalue weighted by Gasteiger charge is 2.40. The first-order chi connectivity index (χ1) is 15.8. The summed E-state index contributed by atoms with van der Waals surface area (Å²) in [5.74, 6) is -1.92. The van der Waals surface area contributed by atoms with Crippen LogP contribution in [0.1, 0.15) is 52.0 Å². The van der Waals surface area contributed by atoms with Gasteiger partial charge in [-0.1, -0.05) is 0 Å². The molecular weight excluding hydrogens is 430 g/mol. The maximum absolute atomic E-state index is 13.0. The number of carbonyl (C=O) groups excluding carboxylic acids is 2. The molecule has 1 aliphatic rings. The zero-order chi connectivity index (χ0) is 24.5. The van der Waals surface area contributed by atoms with Crippen LogP contribution >= 0.6 is 0 Å². The van der Waals surface area contributed by atoms with Gasteiger partial charge in [-0.3, -0.25) is 10.1 Å². The highest BCUT2D eigenvalue weighted by molar-refractivity contribution is 6.00. The number of allylic oxidation sites excluding steroid dienone is 2. The number of hydrogen-bond acceptors (Lipinski definition) is 9. The van der Waals surface area contributed by atoms with Crippen molar-refractivity contribution < 1.29 is 28.7 Å². The van der Waals surface area contributed by atoms with Gasteiger partial charge >= 0.3 is 11.9 Å². The molecule has 10 nitrogen and oxygen atoms in total. The molecule has 33 heavy (non-hydrogen) atoms. The van der Waals surface area contributed by atoms with E-state index in [1.54, 1.807) is 27.7 Å². The van der Waals surface area contributed by atoms with Crippen LogP contribution in [-0.4, -0.2) is 43.2 Å². The number of rotatable bonds is 11. The van der Waals surface area contributed by atoms with Crippen molar-refractivity contribution in [3.8, 4) is 5.75 Å². The van der Waals surface area contributed by atoms with Crippen LogP contribution in [0, 0.1) is 10.1 Å². The number of ether oxygens (including phenoxy) is 3. The Balaban J connectivity index is 2.73. The molecule has 0 fully saturated rings. The van der Waals surface area contributed by atoms with Crippen molar-refractivity contribution in [3.05, 3.63) is 56.4 Å². The summed E-state index contributed by atoms with van der Waals surface area (Å²) in [6.07, 6.45) is 1.42. The normalized spacial score (nSPS) is 14.1. The first kappa shape index (κ1) is 25.9. The van der Waals surface area contributed by atoms with E-state index >= 15 is 0 Å². The number of unbranched alkanes of at least 4 members (excludes halogenated alkanes) is 1. The van der Waals surface area contributed by atoms with Crippen LogP contribution in [0.3, 0.4) is 0 Å². The van der Waals surface area contributed by atoms with Crippen molar-refractivity contribution >= 4 is 17.6 Å². The number of nitrogens with two attached hydrogens (primary N) is 1. The van der Waals surface area contributed by atoms with E-state index in [9.17, 15) is 19.7 Å². The predicted octanol–water partition coefficient (Wildman–Crippen LogP) is 3.07. The highest BCUT2D eigenvalue weighted by Crippen LogP contribution is 2.44. The third kappa shape index (κ3) is 6.10. The second-order valence-corrected chi connectivity index (χ2v) is 7.40. The van der Waals surface area contributed by atoms with Gasteiger partial charge in [0.1, 0.15) is 5.75 Å². The number of benzene rings is 1. The molecule has 0 aliphatic carbocycles. The van der Waals surface area contributed by atoms with E-state index in [4.69, 9.17) is 19.9 Å². The lowest BCUT2D eigenvalue weighted by Crippen LogP contribution is -2.32. The summed E-state index contributed by atoms with van der Waals surface area (Å²) in [5.41, 5.74) is 6.94. The van der Waals surface area contributed by atoms with Gasteiger partial charge in [0.05, 0.1) is 41.8 Å². The molecule has 10 heteroatoms. The first-order valence-electron chi connectivity index (χ1n) is 10.9. The summed E-state index contributed by atoms with van der Waals surface area (Å²) < 4.78 is 16.4. The Morgan fingerprint density at radius 3 is 2.12 bits per heavy atom. The quantitative estimate of drug-likeness (QED) is 0.220. The third-order valence-corrected chi connectivity index (χ3v) is 5.12. The number of dihydropyridines is 1. The molecule has 180 valence electrons. The Morgan fingerprint density at radius 2 is 1.64 bits per heavy atom. The van der Waals surface area contributed by atoms with Crippen molar-refractivity contribution in [1.29, 1.82) is 0 Å². The van der Waals surface area contributed by atoms with Gasteiger partial charge in [-0.2, -0.15) is 0 Å². The minimum Gasteiger partial charge on any atom is -0.493 e. The SMILES string of the molecule is CCOC(=O)C1=C(C)NC(C)=C(C(=O)OCC)C1c1cc([N+](=O)[O-])ccc1OCCCCN. The molecule has 0 unspecified atom stereocenters. The number of carbonyl (C=O) groups is 2. The van der Waals surface area contributed by atoms with Gasteiger partial charge in [0.25, 0.3) is 5.69 Å². The van der Waals surface area contributed by atoms with Crippen molar-refractivity contribution in [2.24, 2.45) is 5.73 Å². The number of non-ortho nitro benzene ring substituents is 1. The molecule has 0 amide bonds. The molecule has 2 rings (SSSR count). The number of esters is 2. The summed E-state index contributed by atoms with van der Waals surface area (Å²) in [6.45, 7) is 7.79. The number of nitrogens with zero attached hydrogens (tertiary/aromatic N) is 1. The number of nitrogens with one attached hydrogen (secondary N) is 1. The number of nitro groups is 1. The molecule has 1 heterocycles. The van der Waals surface area contributed by atoms with Crippen molar-refractivity contribution in [2.45, 2.75) is 46.5 Å². The lowest BCUT2D eigenvalue weighted by atomic mass is 9.79. The summed E-state index contributed by atoms with van der Waals surface area (Å²) in [4.78, 5) is 36.9. The fourth-order valence-electron chi connectivity index (χ4n) is 3.70. The monoisotopic (exact) mass is 461 g/mol. The van der Waals surface area contributed by atoms with Crippen molar-refractivity contribution in [2.75, 3.05) is 26.4 Å². The molecule has 3 N–H and O–H groups in total. The molecule has 0 saturated carbocycles. The Hall–Kier alpha value is -3.40. The van der Waals surface area contributed by atoms with Gasteiger partial charge in [-0.05, 0) is 53.1 Å². The van der Waals surface area contributed by atoms with E-state index in [0.717, 1.165) is 6.42 Å². The smallest absolute Gasteiger partial charge is 0.336 e. The minimum atomic E-state index is -0.978. The van der Waals surface area contributed by atoms with Crippen LogP contribution in [0.15, 0.2) is 40.7 Å². The average Bonchev–Trinajstić information content (AvgIpc) is 2.76. The fraction of sp³-hybridized carbons (Fsp3) is 0.478. The van der Waals surface area contributed by atoms with E-state index < -0.39 is 22.8 Å². The predicted molar refractivity (Wildman–Crippen MR) is 121 cm³/mol. The summed E-state index contributed by atoms with van der Waals surface area (Å²) >= 11 is 0. The fourth-order valence-corrected chi connectivity index (χ4v) is 3.70. The van der Waals surface area contributed by atoms with E-state index in [2.05, 4.69) is 5.32 Å². The molecular formula is C23H31N3O7. The van der Waals surface area contributed by atoms with Crippen LogP contribution in [0.2, 0.25) is 0 Å². The number of hydrogen-bond donors (Lipinski definition) is 2. The van der Waals surface area contributed by atoms with Crippen LogP contribution in [0.4, 0.5) is 5.69 Å². The minimum absolute atomic E-state index is 0.122. The largest absolute Gasteiger partial charge is 0.493 e. The second-order valence-electron chi connectivity index (χ2n) is 7.40. The zero-order valence-electron chi connectivity index (χ0n) is 19.4. The molecule has 0 radical (unpaired) electrons. The third-order valence-electron chi connectivity index (χ3n) is 5.12. The van der Waals surface area contributed by atoms with E-state index in [-0.39, 0.29) is 30.0 Å². The second kappa shape index (κ2) is 12.0. The van der Waals surface area contributed by atoms with Gasteiger partial charge in [-0.15, -0.1) is 0 Å². The lowest BCUT2D eigenvalue weighted by Gasteiger charge is -2.31. The Bertz CT molecular complexity index is 929. The van der Waals surface area contributed by atoms with Gasteiger partial charge in [0.2, 0.25) is 0 Å². The Kier molecular flexibility index (Phi) is 9.41. The Labute approximate surface area is 192 Å². The molecule has 0 bridgehead atoms. The van der Waals surface area contributed by atoms with Gasteiger partial charge in [0.15, 0.2) is 0 Å². The zero-order valence-corrected chi connectivity index (χ0v) is 19.4. The standard InChI is InChI=1S/C23H31N3O7/c1-5-31-22(27)19-14(3)25-15(4)20(23(28)32-6-2)21(19)17-13-16(26(29)30)9-10-18(17)33-12-8-7-11-24/h9-10,13,21,25H,5-8,11-12,24H2,1-4H3. The van der Waals surface area contributed by atoms with Gasteiger partial charge in [-0.25, -0.2) is 9.59 Å². The van der Waals surface area contributed by atoms with E-state index in [0.29, 0.717) is 42.3 Å². The maximum atomic E-state index is 13.0. The molecule has 0 spiro atoms. The van der Waals surface area contributed by atoms with E-state index in [1.165, 1.54) is 18.2 Å². The maximum Gasteiger partial charge on any atom is 0.336 e. The van der Waals surface area contributed by atoms with Crippen LogP contribution in [-0.2, 0) is 19.1 Å². The van der Waals surface area contributed by atoms with Crippen molar-refractivity contribution in [3.63, 3.8) is 0 Å². The highest BCUT2D eigenvalue weighted by atomic mass is 16.6. The molecule has 0 aromatic heterocycles. The van der Waals surface area contributed by atoms with E-state index in [1.807, 2.05) is 0 Å². The van der Waals surface area contributed by atoms with Gasteiger partial charge < -0.3 is 25.3 Å². The van der Waals surface area contributed by atoms with Gasteiger partial charge in [0, 0.05) is 29.1 Å². The lowest BCUT2D eigenvalue weighted by molar-refractivity contribution is -0.384. The average molecular weight is 462 g/mol. The summed E-state index contributed by atoms with van der Waals surface area (Å²) in [6, 6.07) is 4.13. The molecule has 1 aromatic carbocycles. The van der Waals surface area contributed by atoms with Crippen LogP contribution in [0.25, 0.3) is 0 Å². The van der Waals surface area contributed by atoms with Crippen molar-refractivity contribution in [1.82, 2.24) is 5.32 Å². The van der Waals surface area contributed by atoms with Crippen LogP contribution in [0.5, 0.6) is 5.75 Å².